The van der Waals surface area contributed by atoms with Gasteiger partial charge in [0.15, 0.2) is 0 Å². The summed E-state index contributed by atoms with van der Waals surface area (Å²) in [7, 11) is 0. The molecular weight excluding hydrogens is 869 g/mol. The van der Waals surface area contributed by atoms with E-state index < -0.39 is 0 Å². The van der Waals surface area contributed by atoms with Crippen molar-refractivity contribution in [1.82, 2.24) is 9.13 Å². The lowest BCUT2D eigenvalue weighted by Crippen LogP contribution is -2.16. The average molecular weight is 919 g/mol. The minimum atomic E-state index is -0.247. The van der Waals surface area contributed by atoms with Gasteiger partial charge < -0.3 is 9.13 Å². The molecule has 10 aromatic carbocycles. The highest BCUT2D eigenvalue weighted by Crippen LogP contribution is 2.55. The van der Waals surface area contributed by atoms with E-state index in [4.69, 9.17) is 0 Å². The van der Waals surface area contributed by atoms with E-state index in [1.807, 2.05) is 0 Å². The van der Waals surface area contributed by atoms with Crippen molar-refractivity contribution in [2.45, 2.75) is 64.2 Å². The summed E-state index contributed by atoms with van der Waals surface area (Å²) in [5.74, 6) is 1.00. The van der Waals surface area contributed by atoms with Gasteiger partial charge in [0.05, 0.1) is 22.1 Å². The zero-order valence-electron chi connectivity index (χ0n) is 41.2. The Morgan fingerprint density at radius 2 is 0.694 bits per heavy atom. The van der Waals surface area contributed by atoms with Gasteiger partial charge in [-0.3, -0.25) is 0 Å². The fourth-order valence-electron chi connectivity index (χ4n) is 15.0. The lowest BCUT2D eigenvalue weighted by atomic mass is 9.82. The van der Waals surface area contributed by atoms with Gasteiger partial charge in [-0.05, 0) is 190 Å². The van der Waals surface area contributed by atoms with E-state index in [1.54, 1.807) is 0 Å². The molecule has 0 saturated heterocycles. The van der Waals surface area contributed by atoms with E-state index >= 15 is 0 Å². The van der Waals surface area contributed by atoms with Crippen molar-refractivity contribution in [3.8, 4) is 67.0 Å². The highest BCUT2D eigenvalue weighted by atomic mass is 15.0. The second kappa shape index (κ2) is 13.4. The zero-order valence-corrected chi connectivity index (χ0v) is 41.2. The van der Waals surface area contributed by atoms with E-state index in [9.17, 15) is 0 Å². The van der Waals surface area contributed by atoms with Crippen LogP contribution in [0.25, 0.3) is 111 Å². The predicted octanol–water partition coefficient (Wildman–Crippen LogP) is 18.2. The molecule has 340 valence electrons. The largest absolute Gasteiger partial charge is 0.309 e. The fourth-order valence-corrected chi connectivity index (χ4v) is 15.0. The molecule has 0 radical (unpaired) electrons. The molecule has 0 bridgehead atoms. The van der Waals surface area contributed by atoms with Gasteiger partial charge in [-0.15, -0.1) is 0 Å². The highest BCUT2D eigenvalue weighted by Gasteiger charge is 2.38. The van der Waals surface area contributed by atoms with Crippen LogP contribution in [-0.4, -0.2) is 9.13 Å². The molecule has 0 amide bonds. The maximum atomic E-state index is 2.61. The molecule has 2 heterocycles. The number of aromatic nitrogens is 2. The monoisotopic (exact) mass is 918 g/mol. The molecule has 12 aromatic rings. The summed E-state index contributed by atoms with van der Waals surface area (Å²) in [5, 5.41) is 5.30. The van der Waals surface area contributed by atoms with Crippen LogP contribution in [0.4, 0.5) is 0 Å². The number of rotatable bonds is 2. The molecule has 2 aromatic heterocycles. The van der Waals surface area contributed by atoms with Crippen molar-refractivity contribution in [2.24, 2.45) is 0 Å². The number of nitrogens with zero attached hydrogens (tertiary/aromatic N) is 2. The smallest absolute Gasteiger partial charge is 0.0544 e. The van der Waals surface area contributed by atoms with Crippen LogP contribution in [0.15, 0.2) is 182 Å². The van der Waals surface area contributed by atoms with E-state index in [1.165, 1.54) is 166 Å². The van der Waals surface area contributed by atoms with Crippen molar-refractivity contribution in [3.05, 3.63) is 238 Å². The summed E-state index contributed by atoms with van der Waals surface area (Å²) in [5.41, 5.74) is 35.2. The Bertz CT molecular complexity index is 4390. The zero-order chi connectivity index (χ0) is 47.6. The Morgan fingerprint density at radius 3 is 1.14 bits per heavy atom. The molecule has 17 rings (SSSR count). The summed E-state index contributed by atoms with van der Waals surface area (Å²) in [6, 6.07) is 71.0. The normalized spacial score (nSPS) is 17.7. The van der Waals surface area contributed by atoms with Gasteiger partial charge in [-0.2, -0.15) is 0 Å². The third-order valence-corrected chi connectivity index (χ3v) is 18.7. The molecule has 5 aliphatic rings. The molecule has 2 nitrogen and oxygen atoms in total. The van der Waals surface area contributed by atoms with Crippen molar-refractivity contribution >= 4 is 43.6 Å². The Labute approximate surface area is 419 Å². The third kappa shape index (κ3) is 4.82. The SMILES string of the molecule is CC1c2ccccc2-c2cc3c4cc5c(cc4n(-c4ccc6c(c4)C(C)(C)c4cc(-n7c8cc9c(cc8c8cc%10c(cc87)C(C)c7ccccc7-%10)-c7ccccc7C9C)ccc4-6)c3cc21)Cc1ccccc1-5. The number of fused-ring (bicyclic) bond motifs is 21. The topological polar surface area (TPSA) is 9.86 Å². The quantitative estimate of drug-likeness (QED) is 0.164. The van der Waals surface area contributed by atoms with Gasteiger partial charge in [-0.25, -0.2) is 0 Å². The minimum absolute atomic E-state index is 0.247. The first kappa shape index (κ1) is 39.5. The van der Waals surface area contributed by atoms with Crippen LogP contribution in [0.3, 0.4) is 0 Å². The molecule has 3 atom stereocenters. The first-order valence-corrected chi connectivity index (χ1v) is 26.2. The lowest BCUT2D eigenvalue weighted by molar-refractivity contribution is 0.659. The van der Waals surface area contributed by atoms with Crippen molar-refractivity contribution in [3.63, 3.8) is 0 Å². The molecule has 2 heteroatoms. The van der Waals surface area contributed by atoms with Crippen LogP contribution >= 0.6 is 0 Å². The standard InChI is InChI=1S/C70H50N2/c1-37-44-15-8-11-19-48(44)57-31-61-60-30-56-41(26-40-14-6-7-18-47(40)56)27-66(60)71(67(61)34-53(37)57)42-22-24-51-52-25-23-43(29-65(52)70(4,5)64(51)28-42)72-68-35-54-38(2)45-16-9-12-20-49(45)58(54)32-62(68)63-33-59-50-21-13-10-17-46(50)39(3)55(59)36-69(63)72/h6-25,27-39H,26H2,1-5H3. The summed E-state index contributed by atoms with van der Waals surface area (Å²) in [6.07, 6.45) is 0.967. The summed E-state index contributed by atoms with van der Waals surface area (Å²) >= 11 is 0. The van der Waals surface area contributed by atoms with Crippen LogP contribution in [0.2, 0.25) is 0 Å². The maximum Gasteiger partial charge on any atom is 0.0544 e. The molecule has 3 unspecified atom stereocenters. The number of benzene rings is 10. The third-order valence-electron chi connectivity index (χ3n) is 18.7. The second-order valence-corrected chi connectivity index (χ2v) is 22.4. The molecule has 0 spiro atoms. The summed E-state index contributed by atoms with van der Waals surface area (Å²) in [6.45, 7) is 12.1. The Balaban J connectivity index is 0.854. The van der Waals surface area contributed by atoms with Gasteiger partial charge in [0, 0.05) is 56.1 Å². The first-order chi connectivity index (χ1) is 35.2. The Hall–Kier alpha value is -8.20. The van der Waals surface area contributed by atoms with E-state index in [-0.39, 0.29) is 5.41 Å². The summed E-state index contributed by atoms with van der Waals surface area (Å²) in [4.78, 5) is 0. The Morgan fingerprint density at radius 1 is 0.319 bits per heavy atom. The number of hydrogen-bond acceptors (Lipinski definition) is 0. The van der Waals surface area contributed by atoms with Crippen LogP contribution in [0.1, 0.15) is 108 Å². The molecule has 72 heavy (non-hydrogen) atoms. The van der Waals surface area contributed by atoms with E-state index in [2.05, 4.69) is 226 Å². The molecular formula is C70H50N2. The molecule has 0 fully saturated rings. The Kier molecular flexibility index (Phi) is 7.35. The highest BCUT2D eigenvalue weighted by molar-refractivity contribution is 6.15. The van der Waals surface area contributed by atoms with E-state index in [0.717, 1.165) is 6.42 Å². The van der Waals surface area contributed by atoms with Gasteiger partial charge in [0.25, 0.3) is 0 Å². The fraction of sp³-hybridized carbons (Fsp3) is 0.143. The van der Waals surface area contributed by atoms with Gasteiger partial charge in [-0.1, -0.05) is 144 Å². The molecule has 0 saturated carbocycles. The maximum absolute atomic E-state index is 2.61. The molecule has 0 N–H and O–H groups in total. The van der Waals surface area contributed by atoms with Crippen LogP contribution in [0.5, 0.6) is 0 Å². The van der Waals surface area contributed by atoms with Crippen molar-refractivity contribution in [2.75, 3.05) is 0 Å². The average Bonchev–Trinajstić information content (AvgIpc) is 4.26. The number of hydrogen-bond donors (Lipinski definition) is 0. The molecule has 0 aliphatic heterocycles. The summed E-state index contributed by atoms with van der Waals surface area (Å²) < 4.78 is 5.20. The van der Waals surface area contributed by atoms with Crippen LogP contribution in [-0.2, 0) is 11.8 Å². The van der Waals surface area contributed by atoms with Crippen LogP contribution < -0.4 is 0 Å². The van der Waals surface area contributed by atoms with Gasteiger partial charge in [0.1, 0.15) is 0 Å². The van der Waals surface area contributed by atoms with Crippen molar-refractivity contribution in [1.29, 1.82) is 0 Å². The van der Waals surface area contributed by atoms with E-state index in [0.29, 0.717) is 17.8 Å². The lowest BCUT2D eigenvalue weighted by Gasteiger charge is -2.23. The van der Waals surface area contributed by atoms with Gasteiger partial charge in [0.2, 0.25) is 0 Å². The van der Waals surface area contributed by atoms with Crippen LogP contribution in [0, 0.1) is 0 Å². The predicted molar refractivity (Wildman–Crippen MR) is 300 cm³/mol. The van der Waals surface area contributed by atoms with Crippen molar-refractivity contribution < 1.29 is 0 Å². The molecule has 5 aliphatic carbocycles. The minimum Gasteiger partial charge on any atom is -0.309 e. The van der Waals surface area contributed by atoms with Gasteiger partial charge >= 0.3 is 0 Å². The first-order valence-electron chi connectivity index (χ1n) is 26.2. The second-order valence-electron chi connectivity index (χ2n) is 22.4.